The lowest BCUT2D eigenvalue weighted by molar-refractivity contribution is -0.140. The highest BCUT2D eigenvalue weighted by atomic mass is 16.4. The molecule has 5 nitrogen and oxygen atoms in total. The van der Waals surface area contributed by atoms with Crippen LogP contribution in [0.3, 0.4) is 0 Å². The van der Waals surface area contributed by atoms with Gasteiger partial charge in [0.15, 0.2) is 6.10 Å². The smallest absolute Gasteiger partial charge is 0.251 e. The minimum absolute atomic E-state index is 0.267. The Morgan fingerprint density at radius 2 is 1.82 bits per heavy atom. The number of aliphatic hydroxyl groups excluding tert-OH is 3. The maximum Gasteiger partial charge on any atom is 0.251 e. The molecule has 0 saturated heterocycles. The van der Waals surface area contributed by atoms with Gasteiger partial charge in [0, 0.05) is 6.54 Å². The number of hydrogen-bond donors (Lipinski definition) is 4. The van der Waals surface area contributed by atoms with Crippen LogP contribution in [0.5, 0.6) is 0 Å². The van der Waals surface area contributed by atoms with Gasteiger partial charge in [-0.15, -0.1) is 0 Å². The van der Waals surface area contributed by atoms with Gasteiger partial charge >= 0.3 is 0 Å². The molecule has 0 aromatic heterocycles. The van der Waals surface area contributed by atoms with Crippen molar-refractivity contribution in [2.24, 2.45) is 0 Å². The topological polar surface area (TPSA) is 89.8 Å². The van der Waals surface area contributed by atoms with Gasteiger partial charge in [-0.3, -0.25) is 4.79 Å². The van der Waals surface area contributed by atoms with Crippen molar-refractivity contribution in [3.63, 3.8) is 0 Å². The Morgan fingerprint density at radius 3 is 2.35 bits per heavy atom. The van der Waals surface area contributed by atoms with E-state index in [0.29, 0.717) is 0 Å². The number of carbonyl (C=O) groups is 1. The molecule has 1 amide bonds. The average molecular weight is 239 g/mol. The fourth-order valence-electron chi connectivity index (χ4n) is 1.31. The van der Waals surface area contributed by atoms with Gasteiger partial charge in [0.2, 0.25) is 0 Å². The third-order valence-corrected chi connectivity index (χ3v) is 2.40. The molecule has 1 aromatic carbocycles. The Balaban J connectivity index is 2.45. The summed E-state index contributed by atoms with van der Waals surface area (Å²) in [5, 5.41) is 30.2. The molecule has 0 aliphatic carbocycles. The largest absolute Gasteiger partial charge is 0.391 e. The molecular formula is C12H17NO4. The van der Waals surface area contributed by atoms with Crippen LogP contribution in [-0.4, -0.2) is 39.5 Å². The van der Waals surface area contributed by atoms with E-state index in [2.05, 4.69) is 5.32 Å². The second-order valence-corrected chi connectivity index (χ2v) is 3.88. The lowest BCUT2D eigenvalue weighted by Gasteiger charge is -2.19. The van der Waals surface area contributed by atoms with Gasteiger partial charge in [-0.05, 0) is 12.5 Å². The van der Waals surface area contributed by atoms with Crippen LogP contribution >= 0.6 is 0 Å². The first-order chi connectivity index (χ1) is 8.02. The number of rotatable bonds is 5. The third kappa shape index (κ3) is 4.14. The summed E-state index contributed by atoms with van der Waals surface area (Å²) < 4.78 is 0. The van der Waals surface area contributed by atoms with Crippen molar-refractivity contribution in [3.05, 3.63) is 35.9 Å². The van der Waals surface area contributed by atoms with Gasteiger partial charge < -0.3 is 20.6 Å². The Morgan fingerprint density at radius 1 is 1.24 bits per heavy atom. The van der Waals surface area contributed by atoms with Crippen molar-refractivity contribution >= 4 is 5.91 Å². The molecule has 5 heteroatoms. The van der Waals surface area contributed by atoms with Crippen LogP contribution in [0.15, 0.2) is 30.3 Å². The van der Waals surface area contributed by atoms with E-state index in [9.17, 15) is 15.0 Å². The minimum atomic E-state index is -1.63. The number of nitrogens with one attached hydrogen (secondary N) is 1. The molecule has 94 valence electrons. The van der Waals surface area contributed by atoms with E-state index in [1.165, 1.54) is 6.92 Å². The summed E-state index contributed by atoms with van der Waals surface area (Å²) in [4.78, 5) is 11.4. The Bertz CT molecular complexity index is 353. The van der Waals surface area contributed by atoms with Gasteiger partial charge in [0.1, 0.15) is 6.10 Å². The van der Waals surface area contributed by atoms with Crippen molar-refractivity contribution in [3.8, 4) is 0 Å². The molecule has 0 bridgehead atoms. The second kappa shape index (κ2) is 6.34. The molecule has 0 saturated carbocycles. The van der Waals surface area contributed by atoms with E-state index in [0.717, 1.165) is 5.56 Å². The van der Waals surface area contributed by atoms with Gasteiger partial charge in [-0.25, -0.2) is 0 Å². The number of carbonyl (C=O) groups excluding carboxylic acids is 1. The molecular weight excluding hydrogens is 222 g/mol. The van der Waals surface area contributed by atoms with E-state index in [1.807, 2.05) is 30.3 Å². The third-order valence-electron chi connectivity index (χ3n) is 2.40. The highest BCUT2D eigenvalue weighted by Crippen LogP contribution is 2.01. The van der Waals surface area contributed by atoms with Crippen LogP contribution in [0.1, 0.15) is 12.5 Å². The Kier molecular flexibility index (Phi) is 5.09. The van der Waals surface area contributed by atoms with Crippen LogP contribution in [0.2, 0.25) is 0 Å². The van der Waals surface area contributed by atoms with Gasteiger partial charge in [-0.2, -0.15) is 0 Å². The van der Waals surface area contributed by atoms with Gasteiger partial charge in [0.25, 0.3) is 5.91 Å². The van der Waals surface area contributed by atoms with Gasteiger partial charge in [-0.1, -0.05) is 30.3 Å². The first-order valence-electron chi connectivity index (χ1n) is 5.38. The monoisotopic (exact) mass is 239 g/mol. The van der Waals surface area contributed by atoms with Crippen LogP contribution in [-0.2, 0) is 11.3 Å². The minimum Gasteiger partial charge on any atom is -0.391 e. The van der Waals surface area contributed by atoms with E-state index < -0.39 is 24.2 Å². The molecule has 3 atom stereocenters. The summed E-state index contributed by atoms with van der Waals surface area (Å²) in [6.45, 7) is 1.57. The highest BCUT2D eigenvalue weighted by molar-refractivity contribution is 5.81. The van der Waals surface area contributed by atoms with Crippen LogP contribution in [0.25, 0.3) is 0 Å². The summed E-state index contributed by atoms with van der Waals surface area (Å²) in [6.07, 6.45) is -4.27. The SMILES string of the molecule is C[C@H](O)[C@H](O)[C@H](O)C(=O)NCc1ccccc1. The van der Waals surface area contributed by atoms with Crippen molar-refractivity contribution in [2.75, 3.05) is 0 Å². The number of aliphatic hydroxyl groups is 3. The molecule has 1 rings (SSSR count). The second-order valence-electron chi connectivity index (χ2n) is 3.88. The molecule has 0 heterocycles. The number of hydrogen-bond acceptors (Lipinski definition) is 4. The molecule has 0 aliphatic rings. The number of amides is 1. The first-order valence-corrected chi connectivity index (χ1v) is 5.38. The predicted octanol–water partition coefficient (Wildman–Crippen LogP) is -0.595. The normalized spacial score (nSPS) is 16.0. The quantitative estimate of drug-likeness (QED) is 0.552. The summed E-state index contributed by atoms with van der Waals surface area (Å²) in [5.41, 5.74) is 0.889. The van der Waals surface area contributed by atoms with E-state index in [4.69, 9.17) is 5.11 Å². The van der Waals surface area contributed by atoms with Crippen LogP contribution in [0.4, 0.5) is 0 Å². The Labute approximate surface area is 99.7 Å². The lowest BCUT2D eigenvalue weighted by atomic mass is 10.1. The zero-order valence-corrected chi connectivity index (χ0v) is 9.58. The maximum atomic E-state index is 11.4. The van der Waals surface area contributed by atoms with Crippen LogP contribution in [0, 0.1) is 0 Å². The highest BCUT2D eigenvalue weighted by Gasteiger charge is 2.27. The molecule has 0 radical (unpaired) electrons. The molecule has 4 N–H and O–H groups in total. The molecule has 0 spiro atoms. The zero-order chi connectivity index (χ0) is 12.8. The van der Waals surface area contributed by atoms with E-state index in [-0.39, 0.29) is 6.54 Å². The molecule has 17 heavy (non-hydrogen) atoms. The van der Waals surface area contributed by atoms with Crippen LogP contribution < -0.4 is 5.32 Å². The molecule has 0 aliphatic heterocycles. The predicted molar refractivity (Wildman–Crippen MR) is 62.0 cm³/mol. The average Bonchev–Trinajstić information content (AvgIpc) is 2.35. The lowest BCUT2D eigenvalue weighted by Crippen LogP contribution is -2.46. The summed E-state index contributed by atoms with van der Waals surface area (Å²) in [6, 6.07) is 9.19. The van der Waals surface area contributed by atoms with Crippen molar-refractivity contribution in [1.29, 1.82) is 0 Å². The van der Waals surface area contributed by atoms with E-state index >= 15 is 0 Å². The van der Waals surface area contributed by atoms with Crippen molar-refractivity contribution in [2.45, 2.75) is 31.8 Å². The summed E-state index contributed by atoms with van der Waals surface area (Å²) in [7, 11) is 0. The standard InChI is InChI=1S/C12H17NO4/c1-8(14)10(15)11(16)12(17)13-7-9-5-3-2-4-6-9/h2-6,8,10-11,14-16H,7H2,1H3,(H,13,17)/t8-,10-,11-/m0/s1. The molecule has 1 aromatic rings. The van der Waals surface area contributed by atoms with E-state index in [1.54, 1.807) is 0 Å². The summed E-state index contributed by atoms with van der Waals surface area (Å²) in [5.74, 6) is -0.706. The summed E-state index contributed by atoms with van der Waals surface area (Å²) >= 11 is 0. The van der Waals surface area contributed by atoms with Crippen molar-refractivity contribution in [1.82, 2.24) is 5.32 Å². The molecule has 0 fully saturated rings. The zero-order valence-electron chi connectivity index (χ0n) is 9.58. The van der Waals surface area contributed by atoms with Crippen molar-refractivity contribution < 1.29 is 20.1 Å². The Hall–Kier alpha value is -1.43. The maximum absolute atomic E-state index is 11.4. The fourth-order valence-corrected chi connectivity index (χ4v) is 1.31. The molecule has 0 unspecified atom stereocenters. The fraction of sp³-hybridized carbons (Fsp3) is 0.417. The number of benzene rings is 1. The van der Waals surface area contributed by atoms with Gasteiger partial charge in [0.05, 0.1) is 6.10 Å². The first kappa shape index (κ1) is 13.6.